The van der Waals surface area contributed by atoms with Crippen LogP contribution in [0.25, 0.3) is 0 Å². The molecule has 0 bridgehead atoms. The number of nitriles is 1. The molecule has 0 atom stereocenters. The van der Waals surface area contributed by atoms with Crippen LogP contribution in [0.4, 0.5) is 5.69 Å². The van der Waals surface area contributed by atoms with Crippen molar-refractivity contribution >= 4 is 29.2 Å². The van der Waals surface area contributed by atoms with E-state index in [1.807, 2.05) is 36.4 Å². The second-order valence-electron chi connectivity index (χ2n) is 5.84. The van der Waals surface area contributed by atoms with Gasteiger partial charge in [0.05, 0.1) is 28.9 Å². The molecule has 0 aliphatic rings. The molecule has 8 heteroatoms. The SMILES string of the molecule is N#Cc1ccc(NC(=O)COC(=O)c2cnn(Cc3ccccc3)c2)cc1Cl. The average molecular weight is 395 g/mol. The van der Waals surface area contributed by atoms with Gasteiger partial charge in [0.2, 0.25) is 0 Å². The van der Waals surface area contributed by atoms with Crippen molar-refractivity contribution in [3.8, 4) is 6.07 Å². The summed E-state index contributed by atoms with van der Waals surface area (Å²) in [5.74, 6) is -1.17. The van der Waals surface area contributed by atoms with Crippen LogP contribution in [0.15, 0.2) is 60.9 Å². The Balaban J connectivity index is 1.52. The van der Waals surface area contributed by atoms with E-state index in [-0.39, 0.29) is 10.6 Å². The highest BCUT2D eigenvalue weighted by molar-refractivity contribution is 6.32. The Morgan fingerprint density at radius 1 is 1.21 bits per heavy atom. The molecule has 1 aromatic heterocycles. The number of amides is 1. The van der Waals surface area contributed by atoms with Gasteiger partial charge in [0.1, 0.15) is 6.07 Å². The Bertz CT molecular complexity index is 1040. The van der Waals surface area contributed by atoms with Gasteiger partial charge in [0.25, 0.3) is 5.91 Å². The molecule has 1 amide bonds. The van der Waals surface area contributed by atoms with Crippen LogP contribution < -0.4 is 5.32 Å². The molecule has 3 rings (SSSR count). The maximum atomic E-state index is 12.1. The quantitative estimate of drug-likeness (QED) is 0.647. The molecule has 0 fully saturated rings. The largest absolute Gasteiger partial charge is 0.452 e. The summed E-state index contributed by atoms with van der Waals surface area (Å²) in [4.78, 5) is 24.0. The molecular formula is C20H15ClN4O3. The lowest BCUT2D eigenvalue weighted by molar-refractivity contribution is -0.119. The molecule has 1 heterocycles. The molecule has 2 aromatic carbocycles. The number of benzene rings is 2. The maximum absolute atomic E-state index is 12.1. The smallest absolute Gasteiger partial charge is 0.341 e. The van der Waals surface area contributed by atoms with Gasteiger partial charge in [-0.05, 0) is 23.8 Å². The molecular weight excluding hydrogens is 380 g/mol. The summed E-state index contributed by atoms with van der Waals surface area (Å²) in [6.45, 7) is 0.0639. The lowest BCUT2D eigenvalue weighted by Gasteiger charge is -2.07. The Hall–Kier alpha value is -3.63. The van der Waals surface area contributed by atoms with E-state index < -0.39 is 18.5 Å². The van der Waals surface area contributed by atoms with Gasteiger partial charge in [-0.3, -0.25) is 9.48 Å². The topological polar surface area (TPSA) is 97.0 Å². The third kappa shape index (κ3) is 4.96. The van der Waals surface area contributed by atoms with E-state index in [9.17, 15) is 9.59 Å². The van der Waals surface area contributed by atoms with Crippen molar-refractivity contribution in [2.45, 2.75) is 6.54 Å². The monoisotopic (exact) mass is 394 g/mol. The number of esters is 1. The average Bonchev–Trinajstić information content (AvgIpc) is 3.15. The summed E-state index contributed by atoms with van der Waals surface area (Å²) < 4.78 is 6.63. The zero-order chi connectivity index (χ0) is 19.9. The highest BCUT2D eigenvalue weighted by Crippen LogP contribution is 2.20. The number of nitrogens with one attached hydrogen (secondary N) is 1. The lowest BCUT2D eigenvalue weighted by Crippen LogP contribution is -2.20. The first-order valence-electron chi connectivity index (χ1n) is 8.28. The standard InChI is InChI=1S/C20H15ClN4O3/c21-18-8-17(7-6-15(18)9-22)24-19(26)13-28-20(27)16-10-23-25(12-16)11-14-4-2-1-3-5-14/h1-8,10,12H,11,13H2,(H,24,26). The summed E-state index contributed by atoms with van der Waals surface area (Å²) in [7, 11) is 0. The predicted octanol–water partition coefficient (Wildman–Crippen LogP) is 3.25. The first-order valence-corrected chi connectivity index (χ1v) is 8.66. The Morgan fingerprint density at radius 2 is 2.00 bits per heavy atom. The normalized spacial score (nSPS) is 10.1. The molecule has 1 N–H and O–H groups in total. The van der Waals surface area contributed by atoms with E-state index in [1.54, 1.807) is 10.9 Å². The molecule has 0 aliphatic heterocycles. The van der Waals surface area contributed by atoms with Gasteiger partial charge in [-0.25, -0.2) is 4.79 Å². The summed E-state index contributed by atoms with van der Waals surface area (Å²) in [6, 6.07) is 16.1. The number of rotatable bonds is 6. The second-order valence-corrected chi connectivity index (χ2v) is 6.25. The van der Waals surface area contributed by atoms with Gasteiger partial charge in [-0.2, -0.15) is 10.4 Å². The van der Waals surface area contributed by atoms with Crippen LogP contribution in [-0.2, 0) is 16.1 Å². The summed E-state index contributed by atoms with van der Waals surface area (Å²) in [5, 5.41) is 15.7. The number of hydrogen-bond donors (Lipinski definition) is 1. The van der Waals surface area contributed by atoms with E-state index >= 15 is 0 Å². The van der Waals surface area contributed by atoms with Gasteiger partial charge in [-0.1, -0.05) is 41.9 Å². The number of carbonyl (C=O) groups is 2. The van der Waals surface area contributed by atoms with Crippen LogP contribution in [0.5, 0.6) is 0 Å². The van der Waals surface area contributed by atoms with Crippen LogP contribution in [0.3, 0.4) is 0 Å². The van der Waals surface area contributed by atoms with Crippen LogP contribution in [-0.4, -0.2) is 28.3 Å². The summed E-state index contributed by atoms with van der Waals surface area (Å²) in [5.41, 5.74) is 2.01. The number of ether oxygens (including phenoxy) is 1. The molecule has 7 nitrogen and oxygen atoms in total. The van der Waals surface area contributed by atoms with Gasteiger partial charge in [0.15, 0.2) is 6.61 Å². The van der Waals surface area contributed by atoms with Crippen LogP contribution >= 0.6 is 11.6 Å². The first-order chi connectivity index (χ1) is 13.5. The zero-order valence-corrected chi connectivity index (χ0v) is 15.4. The minimum atomic E-state index is -0.646. The fraction of sp³-hybridized carbons (Fsp3) is 0.100. The number of nitrogens with zero attached hydrogens (tertiary/aromatic N) is 3. The zero-order valence-electron chi connectivity index (χ0n) is 14.6. The van der Waals surface area contributed by atoms with E-state index in [4.69, 9.17) is 21.6 Å². The molecule has 140 valence electrons. The highest BCUT2D eigenvalue weighted by Gasteiger charge is 2.13. The molecule has 0 spiro atoms. The van der Waals surface area contributed by atoms with Gasteiger partial charge >= 0.3 is 5.97 Å². The van der Waals surface area contributed by atoms with Gasteiger partial charge in [-0.15, -0.1) is 0 Å². The fourth-order valence-electron chi connectivity index (χ4n) is 2.42. The molecule has 0 saturated heterocycles. The minimum Gasteiger partial charge on any atom is -0.452 e. The van der Waals surface area contributed by atoms with Crippen molar-refractivity contribution < 1.29 is 14.3 Å². The van der Waals surface area contributed by atoms with Crippen molar-refractivity contribution in [2.75, 3.05) is 11.9 Å². The molecule has 0 radical (unpaired) electrons. The maximum Gasteiger partial charge on any atom is 0.341 e. The number of aromatic nitrogens is 2. The number of hydrogen-bond acceptors (Lipinski definition) is 5. The highest BCUT2D eigenvalue weighted by atomic mass is 35.5. The van der Waals surface area contributed by atoms with E-state index in [0.29, 0.717) is 17.8 Å². The molecule has 0 saturated carbocycles. The molecule has 0 aliphatic carbocycles. The van der Waals surface area contributed by atoms with Crippen molar-refractivity contribution in [2.24, 2.45) is 0 Å². The van der Waals surface area contributed by atoms with Crippen molar-refractivity contribution in [3.05, 3.63) is 82.6 Å². The number of carbonyl (C=O) groups excluding carboxylic acids is 2. The Kier molecular flexibility index (Phi) is 6.04. The van der Waals surface area contributed by atoms with Gasteiger partial charge < -0.3 is 10.1 Å². The Labute approximate surface area is 166 Å². The van der Waals surface area contributed by atoms with Crippen molar-refractivity contribution in [3.63, 3.8) is 0 Å². The third-order valence-corrected chi connectivity index (χ3v) is 4.08. The molecule has 0 unspecified atom stereocenters. The summed E-state index contributed by atoms with van der Waals surface area (Å²) >= 11 is 5.91. The van der Waals surface area contributed by atoms with Gasteiger partial charge in [0, 0.05) is 11.9 Å². The van der Waals surface area contributed by atoms with E-state index in [1.165, 1.54) is 24.4 Å². The second kappa shape index (κ2) is 8.84. The van der Waals surface area contributed by atoms with E-state index in [0.717, 1.165) is 5.56 Å². The minimum absolute atomic E-state index is 0.225. The third-order valence-electron chi connectivity index (χ3n) is 3.76. The number of anilines is 1. The van der Waals surface area contributed by atoms with Crippen molar-refractivity contribution in [1.82, 2.24) is 9.78 Å². The lowest BCUT2D eigenvalue weighted by atomic mass is 10.2. The van der Waals surface area contributed by atoms with Crippen LogP contribution in [0.2, 0.25) is 5.02 Å². The molecule has 28 heavy (non-hydrogen) atoms. The summed E-state index contributed by atoms with van der Waals surface area (Å²) in [6.07, 6.45) is 2.96. The molecule has 3 aromatic rings. The predicted molar refractivity (Wildman–Crippen MR) is 103 cm³/mol. The fourth-order valence-corrected chi connectivity index (χ4v) is 2.64. The first kappa shape index (κ1) is 19.1. The number of halogens is 1. The van der Waals surface area contributed by atoms with E-state index in [2.05, 4.69) is 10.4 Å². The van der Waals surface area contributed by atoms with Crippen LogP contribution in [0, 0.1) is 11.3 Å². The Morgan fingerprint density at radius 3 is 2.71 bits per heavy atom. The van der Waals surface area contributed by atoms with Crippen LogP contribution in [0.1, 0.15) is 21.5 Å². The van der Waals surface area contributed by atoms with Crippen molar-refractivity contribution in [1.29, 1.82) is 5.26 Å².